The molecule has 0 radical (unpaired) electrons. The molecule has 1 aromatic rings. The molecule has 0 aliphatic carbocycles. The van der Waals surface area contributed by atoms with Crippen molar-refractivity contribution < 1.29 is 9.90 Å². The number of nitrogens with zero attached hydrogens (tertiary/aromatic N) is 1. The van der Waals surface area contributed by atoms with Crippen LogP contribution in [-0.2, 0) is 10.2 Å². The van der Waals surface area contributed by atoms with Crippen molar-refractivity contribution in [3.05, 3.63) is 30.1 Å². The summed E-state index contributed by atoms with van der Waals surface area (Å²) in [6.45, 7) is 7.15. The van der Waals surface area contributed by atoms with Crippen molar-refractivity contribution in [2.45, 2.75) is 26.2 Å². The zero-order chi connectivity index (χ0) is 12.9. The average Bonchev–Trinajstić information content (AvgIpc) is 2.29. The Morgan fingerprint density at radius 3 is 2.82 bits per heavy atom. The van der Waals surface area contributed by atoms with Gasteiger partial charge in [0.1, 0.15) is 0 Å². The molecule has 0 aromatic carbocycles. The van der Waals surface area contributed by atoms with Crippen LogP contribution in [0.15, 0.2) is 24.5 Å². The zero-order valence-electron chi connectivity index (χ0n) is 10.6. The Morgan fingerprint density at radius 2 is 2.29 bits per heavy atom. The largest absolute Gasteiger partial charge is 0.481 e. The number of carboxylic acids is 1. The quantitative estimate of drug-likeness (QED) is 0.788. The third-order valence-corrected chi connectivity index (χ3v) is 2.88. The van der Waals surface area contributed by atoms with Crippen molar-refractivity contribution >= 4 is 5.97 Å². The van der Waals surface area contributed by atoms with Crippen molar-refractivity contribution in [2.24, 2.45) is 5.92 Å². The summed E-state index contributed by atoms with van der Waals surface area (Å²) in [6.07, 6.45) is 3.60. The van der Waals surface area contributed by atoms with Crippen LogP contribution < -0.4 is 5.32 Å². The Kier molecular flexibility index (Phi) is 4.63. The predicted molar refractivity (Wildman–Crippen MR) is 66.9 cm³/mol. The Balaban J connectivity index is 2.48. The lowest BCUT2D eigenvalue weighted by atomic mass is 9.85. The molecule has 4 heteroatoms. The summed E-state index contributed by atoms with van der Waals surface area (Å²) in [5.41, 5.74) is 1.10. The molecule has 0 saturated heterocycles. The molecule has 0 spiro atoms. The Labute approximate surface area is 102 Å². The highest BCUT2D eigenvalue weighted by atomic mass is 16.4. The van der Waals surface area contributed by atoms with Gasteiger partial charge >= 0.3 is 5.97 Å². The highest BCUT2D eigenvalue weighted by Gasteiger charge is 2.21. The molecule has 1 heterocycles. The fraction of sp³-hybridized carbons (Fsp3) is 0.538. The Morgan fingerprint density at radius 1 is 1.59 bits per heavy atom. The minimum absolute atomic E-state index is 0.0491. The zero-order valence-corrected chi connectivity index (χ0v) is 10.6. The summed E-state index contributed by atoms with van der Waals surface area (Å²) in [7, 11) is 0. The van der Waals surface area contributed by atoms with E-state index in [0.717, 1.165) is 12.1 Å². The van der Waals surface area contributed by atoms with Gasteiger partial charge in [-0.3, -0.25) is 9.78 Å². The van der Waals surface area contributed by atoms with Crippen molar-refractivity contribution in [1.82, 2.24) is 10.3 Å². The van der Waals surface area contributed by atoms with E-state index < -0.39 is 5.97 Å². The monoisotopic (exact) mass is 236 g/mol. The Hall–Kier alpha value is -1.42. The van der Waals surface area contributed by atoms with Crippen molar-refractivity contribution in [3.63, 3.8) is 0 Å². The van der Waals surface area contributed by atoms with Crippen LogP contribution in [0.4, 0.5) is 0 Å². The SMILES string of the molecule is CC(CNCC(C)(C)c1cccnc1)C(=O)O. The first-order valence-corrected chi connectivity index (χ1v) is 5.77. The second-order valence-electron chi connectivity index (χ2n) is 5.00. The summed E-state index contributed by atoms with van der Waals surface area (Å²) < 4.78 is 0. The van der Waals surface area contributed by atoms with Gasteiger partial charge in [-0.15, -0.1) is 0 Å². The van der Waals surface area contributed by atoms with Crippen LogP contribution in [-0.4, -0.2) is 29.1 Å². The molecule has 0 aliphatic rings. The number of rotatable bonds is 6. The second kappa shape index (κ2) is 5.77. The number of pyridine rings is 1. The predicted octanol–water partition coefficient (Wildman–Crippen LogP) is 1.67. The lowest BCUT2D eigenvalue weighted by Crippen LogP contribution is -2.36. The molecule has 0 amide bonds. The van der Waals surface area contributed by atoms with E-state index in [-0.39, 0.29) is 11.3 Å². The lowest BCUT2D eigenvalue weighted by molar-refractivity contribution is -0.140. The number of hydrogen-bond donors (Lipinski definition) is 2. The van der Waals surface area contributed by atoms with Crippen LogP contribution in [0.25, 0.3) is 0 Å². The van der Waals surface area contributed by atoms with Crippen LogP contribution in [0, 0.1) is 5.92 Å². The highest BCUT2D eigenvalue weighted by molar-refractivity contribution is 5.69. The molecular formula is C13H20N2O2. The highest BCUT2D eigenvalue weighted by Crippen LogP contribution is 2.20. The third-order valence-electron chi connectivity index (χ3n) is 2.88. The van der Waals surface area contributed by atoms with Crippen LogP contribution in [0.3, 0.4) is 0 Å². The van der Waals surface area contributed by atoms with Gasteiger partial charge in [-0.1, -0.05) is 26.8 Å². The van der Waals surface area contributed by atoms with Crippen LogP contribution in [0.2, 0.25) is 0 Å². The van der Waals surface area contributed by atoms with Crippen molar-refractivity contribution in [1.29, 1.82) is 0 Å². The van der Waals surface area contributed by atoms with Crippen LogP contribution >= 0.6 is 0 Å². The molecule has 1 atom stereocenters. The topological polar surface area (TPSA) is 62.2 Å². The molecule has 2 N–H and O–H groups in total. The maximum Gasteiger partial charge on any atom is 0.307 e. The molecule has 0 saturated carbocycles. The maximum absolute atomic E-state index is 10.7. The van der Waals surface area contributed by atoms with E-state index in [4.69, 9.17) is 5.11 Å². The van der Waals surface area contributed by atoms with E-state index >= 15 is 0 Å². The van der Waals surface area contributed by atoms with Gasteiger partial charge in [0.05, 0.1) is 5.92 Å². The van der Waals surface area contributed by atoms with Crippen LogP contribution in [0.5, 0.6) is 0 Å². The lowest BCUT2D eigenvalue weighted by Gasteiger charge is -2.25. The molecule has 94 valence electrons. The smallest absolute Gasteiger partial charge is 0.307 e. The van der Waals surface area contributed by atoms with Gasteiger partial charge < -0.3 is 10.4 Å². The summed E-state index contributed by atoms with van der Waals surface area (Å²) in [5, 5.41) is 12.0. The minimum atomic E-state index is -0.767. The van der Waals surface area contributed by atoms with Crippen molar-refractivity contribution in [3.8, 4) is 0 Å². The molecule has 0 bridgehead atoms. The molecule has 0 fully saturated rings. The first kappa shape index (κ1) is 13.6. The second-order valence-corrected chi connectivity index (χ2v) is 5.00. The number of aliphatic carboxylic acids is 1. The summed E-state index contributed by atoms with van der Waals surface area (Å²) in [5.74, 6) is -1.13. The average molecular weight is 236 g/mol. The molecule has 1 rings (SSSR count). The van der Waals surface area contributed by atoms with E-state index in [1.807, 2.05) is 18.3 Å². The minimum Gasteiger partial charge on any atom is -0.481 e. The number of nitrogens with one attached hydrogen (secondary N) is 1. The molecule has 17 heavy (non-hydrogen) atoms. The van der Waals surface area contributed by atoms with E-state index in [2.05, 4.69) is 24.1 Å². The first-order chi connectivity index (χ1) is 7.93. The first-order valence-electron chi connectivity index (χ1n) is 5.77. The molecule has 1 aromatic heterocycles. The number of hydrogen-bond acceptors (Lipinski definition) is 3. The summed E-state index contributed by atoms with van der Waals surface area (Å²) in [4.78, 5) is 14.8. The number of carbonyl (C=O) groups is 1. The van der Waals surface area contributed by atoms with E-state index in [1.54, 1.807) is 13.1 Å². The van der Waals surface area contributed by atoms with Gasteiger partial charge in [0.2, 0.25) is 0 Å². The fourth-order valence-electron chi connectivity index (χ4n) is 1.55. The van der Waals surface area contributed by atoms with Gasteiger partial charge in [0.25, 0.3) is 0 Å². The normalized spacial score (nSPS) is 13.4. The Bertz CT molecular complexity index is 363. The molecule has 4 nitrogen and oxygen atoms in total. The van der Waals surface area contributed by atoms with E-state index in [1.165, 1.54) is 0 Å². The molecular weight excluding hydrogens is 216 g/mol. The summed E-state index contributed by atoms with van der Waals surface area (Å²) >= 11 is 0. The molecule has 0 aliphatic heterocycles. The number of carboxylic acid groups (broad SMARTS) is 1. The van der Waals surface area contributed by atoms with Gasteiger partial charge in [-0.25, -0.2) is 0 Å². The number of aromatic nitrogens is 1. The van der Waals surface area contributed by atoms with Gasteiger partial charge in [-0.2, -0.15) is 0 Å². The van der Waals surface area contributed by atoms with Gasteiger partial charge in [0.15, 0.2) is 0 Å². The standard InChI is InChI=1S/C13H20N2O2/c1-10(12(16)17)7-15-9-13(2,3)11-5-4-6-14-8-11/h4-6,8,10,15H,7,9H2,1-3H3,(H,16,17). The van der Waals surface area contributed by atoms with E-state index in [0.29, 0.717) is 6.54 Å². The van der Waals surface area contributed by atoms with Gasteiger partial charge in [-0.05, 0) is 11.6 Å². The van der Waals surface area contributed by atoms with E-state index in [9.17, 15) is 4.79 Å². The fourth-order valence-corrected chi connectivity index (χ4v) is 1.55. The maximum atomic E-state index is 10.7. The van der Waals surface area contributed by atoms with Gasteiger partial charge in [0, 0.05) is 30.9 Å². The summed E-state index contributed by atoms with van der Waals surface area (Å²) in [6, 6.07) is 3.95. The van der Waals surface area contributed by atoms with Crippen LogP contribution in [0.1, 0.15) is 26.3 Å². The van der Waals surface area contributed by atoms with Crippen molar-refractivity contribution in [2.75, 3.05) is 13.1 Å². The third kappa shape index (κ3) is 4.15. The molecule has 1 unspecified atom stereocenters.